The fourth-order valence-electron chi connectivity index (χ4n) is 3.25. The zero-order chi connectivity index (χ0) is 19.3. The van der Waals surface area contributed by atoms with Crippen molar-refractivity contribution in [3.05, 3.63) is 42.5 Å². The molecule has 6 nitrogen and oxygen atoms in total. The van der Waals surface area contributed by atoms with Crippen molar-refractivity contribution in [1.29, 1.82) is 0 Å². The van der Waals surface area contributed by atoms with Crippen molar-refractivity contribution in [3.63, 3.8) is 0 Å². The van der Waals surface area contributed by atoms with Crippen LogP contribution in [0.25, 0.3) is 22.3 Å². The minimum Gasteiger partial charge on any atom is -0.493 e. The fourth-order valence-corrected chi connectivity index (χ4v) is 3.25. The van der Waals surface area contributed by atoms with Gasteiger partial charge in [-0.3, -0.25) is 0 Å². The minimum absolute atomic E-state index is 0.184. The molecular weight excluding hydrogens is 354 g/mol. The lowest BCUT2D eigenvalue weighted by molar-refractivity contribution is 0.122. The number of terminal acetylenes is 1. The molecule has 0 bridgehead atoms. The summed E-state index contributed by atoms with van der Waals surface area (Å²) in [5, 5.41) is 1.04. The standard InChI is InChI=1S/C22H21N3O3/c1-3-12-28-19-9-8-16(15-20(19)26-2)21-23-18-7-5-4-6-17(18)22(24-21)25-10-13-27-14-11-25/h1,4-9,15H,10-14H2,2H3. The Hall–Kier alpha value is -3.30. The summed E-state index contributed by atoms with van der Waals surface area (Å²) < 4.78 is 16.5. The summed E-state index contributed by atoms with van der Waals surface area (Å²) >= 11 is 0. The quantitative estimate of drug-likeness (QED) is 0.639. The molecule has 6 heteroatoms. The van der Waals surface area contributed by atoms with Gasteiger partial charge in [0.2, 0.25) is 0 Å². The number of para-hydroxylation sites is 1. The normalized spacial score (nSPS) is 13.9. The maximum Gasteiger partial charge on any atom is 0.162 e. The number of methoxy groups -OCH3 is 1. The Labute approximate surface area is 164 Å². The van der Waals surface area contributed by atoms with E-state index in [0.717, 1.165) is 35.4 Å². The van der Waals surface area contributed by atoms with Crippen LogP contribution in [0.4, 0.5) is 5.82 Å². The molecule has 142 valence electrons. The fraction of sp³-hybridized carbons (Fsp3) is 0.273. The lowest BCUT2D eigenvalue weighted by Crippen LogP contribution is -2.37. The first-order valence-electron chi connectivity index (χ1n) is 9.14. The van der Waals surface area contributed by atoms with Crippen LogP contribution in [0.3, 0.4) is 0 Å². The molecule has 0 saturated carbocycles. The second kappa shape index (κ2) is 8.15. The average molecular weight is 375 g/mol. The summed E-state index contributed by atoms with van der Waals surface area (Å²) in [7, 11) is 1.60. The number of ether oxygens (including phenoxy) is 3. The first kappa shape index (κ1) is 18.1. The number of nitrogens with zero attached hydrogens (tertiary/aromatic N) is 3. The molecule has 2 aromatic carbocycles. The lowest BCUT2D eigenvalue weighted by Gasteiger charge is -2.29. The molecule has 1 fully saturated rings. The van der Waals surface area contributed by atoms with Crippen LogP contribution in [0.15, 0.2) is 42.5 Å². The molecule has 0 N–H and O–H groups in total. The van der Waals surface area contributed by atoms with Crippen molar-refractivity contribution < 1.29 is 14.2 Å². The summed E-state index contributed by atoms with van der Waals surface area (Å²) in [6, 6.07) is 13.7. The van der Waals surface area contributed by atoms with E-state index in [0.29, 0.717) is 30.5 Å². The van der Waals surface area contributed by atoms with E-state index < -0.39 is 0 Å². The maximum absolute atomic E-state index is 5.53. The molecule has 4 rings (SSSR count). The van der Waals surface area contributed by atoms with E-state index in [1.165, 1.54) is 0 Å². The van der Waals surface area contributed by atoms with Crippen LogP contribution >= 0.6 is 0 Å². The van der Waals surface area contributed by atoms with Crippen LogP contribution < -0.4 is 14.4 Å². The molecular formula is C22H21N3O3. The predicted octanol–water partition coefficient (Wildman–Crippen LogP) is 3.15. The Balaban J connectivity index is 1.79. The number of fused-ring (bicyclic) bond motifs is 1. The molecule has 0 unspecified atom stereocenters. The van der Waals surface area contributed by atoms with Crippen LogP contribution in [0.5, 0.6) is 11.5 Å². The van der Waals surface area contributed by atoms with Gasteiger partial charge in [0.05, 0.1) is 25.8 Å². The Morgan fingerprint density at radius 1 is 1.11 bits per heavy atom. The molecule has 0 atom stereocenters. The van der Waals surface area contributed by atoms with Crippen LogP contribution in [0.1, 0.15) is 0 Å². The smallest absolute Gasteiger partial charge is 0.162 e. The summed E-state index contributed by atoms with van der Waals surface area (Å²) in [5.74, 6) is 5.22. The highest BCUT2D eigenvalue weighted by atomic mass is 16.5. The first-order chi connectivity index (χ1) is 13.8. The molecule has 0 amide bonds. The molecule has 1 aliphatic rings. The van der Waals surface area contributed by atoms with Crippen molar-refractivity contribution in [2.75, 3.05) is 44.9 Å². The number of hydrogen-bond acceptors (Lipinski definition) is 6. The number of benzene rings is 2. The number of hydrogen-bond donors (Lipinski definition) is 0. The van der Waals surface area contributed by atoms with E-state index in [9.17, 15) is 0 Å². The topological polar surface area (TPSA) is 56.7 Å². The zero-order valence-corrected chi connectivity index (χ0v) is 15.7. The molecule has 0 spiro atoms. The molecule has 1 aliphatic heterocycles. The highest BCUT2D eigenvalue weighted by Gasteiger charge is 2.18. The minimum atomic E-state index is 0.184. The maximum atomic E-state index is 5.53. The van der Waals surface area contributed by atoms with E-state index in [-0.39, 0.29) is 6.61 Å². The van der Waals surface area contributed by atoms with Crippen LogP contribution in [0, 0.1) is 12.3 Å². The second-order valence-corrected chi connectivity index (χ2v) is 6.35. The van der Waals surface area contributed by atoms with Gasteiger partial charge in [0.15, 0.2) is 17.3 Å². The summed E-state index contributed by atoms with van der Waals surface area (Å²) in [6.45, 7) is 3.19. The highest BCUT2D eigenvalue weighted by Crippen LogP contribution is 2.33. The van der Waals surface area contributed by atoms with Gasteiger partial charge >= 0.3 is 0 Å². The summed E-state index contributed by atoms with van der Waals surface area (Å²) in [4.78, 5) is 11.9. The molecule has 3 aromatic rings. The lowest BCUT2D eigenvalue weighted by atomic mass is 10.1. The summed E-state index contributed by atoms with van der Waals surface area (Å²) in [6.07, 6.45) is 5.28. The number of morpholine rings is 1. The van der Waals surface area contributed by atoms with Crippen LogP contribution in [0.2, 0.25) is 0 Å². The van der Waals surface area contributed by atoms with Gasteiger partial charge in [-0.15, -0.1) is 6.42 Å². The van der Waals surface area contributed by atoms with Gasteiger partial charge < -0.3 is 19.1 Å². The Morgan fingerprint density at radius 3 is 2.71 bits per heavy atom. The van der Waals surface area contributed by atoms with E-state index in [4.69, 9.17) is 30.6 Å². The van der Waals surface area contributed by atoms with Crippen molar-refractivity contribution in [2.24, 2.45) is 0 Å². The monoisotopic (exact) mass is 375 g/mol. The molecule has 1 aromatic heterocycles. The zero-order valence-electron chi connectivity index (χ0n) is 15.7. The highest BCUT2D eigenvalue weighted by molar-refractivity contribution is 5.91. The van der Waals surface area contributed by atoms with Gasteiger partial charge in [0, 0.05) is 24.0 Å². The predicted molar refractivity (Wildman–Crippen MR) is 109 cm³/mol. The third-order valence-electron chi connectivity index (χ3n) is 4.63. The summed E-state index contributed by atoms with van der Waals surface area (Å²) in [5.41, 5.74) is 1.76. The van der Waals surface area contributed by atoms with Gasteiger partial charge in [0.1, 0.15) is 12.4 Å². The van der Waals surface area contributed by atoms with Crippen LogP contribution in [-0.2, 0) is 4.74 Å². The SMILES string of the molecule is C#CCOc1ccc(-c2nc(N3CCOCC3)c3ccccc3n2)cc1OC. The van der Waals surface area contributed by atoms with Crippen molar-refractivity contribution in [3.8, 4) is 35.2 Å². The Bertz CT molecular complexity index is 1020. The van der Waals surface area contributed by atoms with E-state index in [1.807, 2.05) is 36.4 Å². The van der Waals surface area contributed by atoms with E-state index in [2.05, 4.69) is 16.9 Å². The van der Waals surface area contributed by atoms with E-state index in [1.54, 1.807) is 7.11 Å². The van der Waals surface area contributed by atoms with Gasteiger partial charge in [-0.2, -0.15) is 0 Å². The van der Waals surface area contributed by atoms with Gasteiger partial charge in [-0.1, -0.05) is 18.1 Å². The largest absolute Gasteiger partial charge is 0.493 e. The van der Waals surface area contributed by atoms with Gasteiger partial charge in [-0.25, -0.2) is 9.97 Å². The van der Waals surface area contributed by atoms with Gasteiger partial charge in [0.25, 0.3) is 0 Å². The Kier molecular flexibility index (Phi) is 5.27. The molecule has 28 heavy (non-hydrogen) atoms. The molecule has 1 saturated heterocycles. The Morgan fingerprint density at radius 2 is 1.93 bits per heavy atom. The van der Waals surface area contributed by atoms with Crippen molar-refractivity contribution in [2.45, 2.75) is 0 Å². The van der Waals surface area contributed by atoms with Crippen LogP contribution in [-0.4, -0.2) is 50.0 Å². The van der Waals surface area contributed by atoms with Gasteiger partial charge in [-0.05, 0) is 30.3 Å². The van der Waals surface area contributed by atoms with E-state index >= 15 is 0 Å². The third kappa shape index (κ3) is 3.57. The number of aromatic nitrogens is 2. The number of anilines is 1. The average Bonchev–Trinajstić information content (AvgIpc) is 2.77. The molecule has 0 radical (unpaired) electrons. The van der Waals surface area contributed by atoms with Crippen molar-refractivity contribution >= 4 is 16.7 Å². The molecule has 0 aliphatic carbocycles. The molecule has 2 heterocycles. The second-order valence-electron chi connectivity index (χ2n) is 6.35. The third-order valence-corrected chi connectivity index (χ3v) is 4.63. The van der Waals surface area contributed by atoms with Crippen molar-refractivity contribution in [1.82, 2.24) is 9.97 Å². The first-order valence-corrected chi connectivity index (χ1v) is 9.14. The number of rotatable bonds is 5.